The molecule has 0 amide bonds. The molecule has 1 heteroatoms. The molecule has 1 N–H and O–H groups in total. The second kappa shape index (κ2) is 5.32. The van der Waals surface area contributed by atoms with Crippen LogP contribution in [0.4, 0.5) is 0 Å². The average molecular weight is 268 g/mol. The van der Waals surface area contributed by atoms with Crippen LogP contribution < -0.4 is 0 Å². The fraction of sp³-hybridized carbons (Fsp3) is 0.368. The number of rotatable bonds is 2. The number of phenolic OH excluding ortho intramolecular Hbond substituents is 1. The Bertz CT molecular complexity index is 591. The Kier molecular flexibility index (Phi) is 3.89. The summed E-state index contributed by atoms with van der Waals surface area (Å²) in [6.07, 6.45) is 0. The van der Waals surface area contributed by atoms with Gasteiger partial charge in [0.15, 0.2) is 0 Å². The van der Waals surface area contributed by atoms with Crippen molar-refractivity contribution in [2.75, 3.05) is 0 Å². The molecule has 0 fully saturated rings. The van der Waals surface area contributed by atoms with Gasteiger partial charge in [-0.05, 0) is 23.5 Å². The van der Waals surface area contributed by atoms with E-state index in [1.807, 2.05) is 18.2 Å². The largest absolute Gasteiger partial charge is 0.507 e. The summed E-state index contributed by atoms with van der Waals surface area (Å²) >= 11 is 0. The Morgan fingerprint density at radius 2 is 1.60 bits per heavy atom. The van der Waals surface area contributed by atoms with E-state index < -0.39 is 0 Å². The van der Waals surface area contributed by atoms with Crippen LogP contribution in [0.3, 0.4) is 0 Å². The van der Waals surface area contributed by atoms with Crippen molar-refractivity contribution in [2.45, 2.75) is 46.0 Å². The number of benzene rings is 2. The van der Waals surface area contributed by atoms with E-state index in [1.54, 1.807) is 0 Å². The summed E-state index contributed by atoms with van der Waals surface area (Å²) in [7, 11) is 0. The molecule has 1 nitrogen and oxygen atoms in total. The minimum atomic E-state index is -0.0543. The van der Waals surface area contributed by atoms with Gasteiger partial charge in [-0.25, -0.2) is 0 Å². The van der Waals surface area contributed by atoms with E-state index in [2.05, 4.69) is 58.9 Å². The van der Waals surface area contributed by atoms with Crippen molar-refractivity contribution in [1.29, 1.82) is 0 Å². The molecule has 0 radical (unpaired) electrons. The quantitative estimate of drug-likeness (QED) is 0.798. The molecule has 0 unspecified atom stereocenters. The standard InChI is InChI=1S/C19H24O/c1-13-11-16(14(2)15-9-7-6-8-10-15)18(20)17(12-13)19(3,4)5/h6-12,14,20H,1-5H3/t14-/m1/s1. The van der Waals surface area contributed by atoms with Crippen LogP contribution in [0.15, 0.2) is 42.5 Å². The molecule has 0 heterocycles. The van der Waals surface area contributed by atoms with E-state index in [0.29, 0.717) is 5.75 Å². The first kappa shape index (κ1) is 14.6. The lowest BCUT2D eigenvalue weighted by atomic mass is 9.81. The highest BCUT2D eigenvalue weighted by Gasteiger charge is 2.23. The lowest BCUT2D eigenvalue weighted by Gasteiger charge is -2.25. The molecule has 0 aliphatic heterocycles. The predicted molar refractivity (Wildman–Crippen MR) is 85.5 cm³/mol. The topological polar surface area (TPSA) is 20.2 Å². The molecule has 106 valence electrons. The zero-order chi connectivity index (χ0) is 14.9. The molecule has 0 spiro atoms. The van der Waals surface area contributed by atoms with E-state index >= 15 is 0 Å². The van der Waals surface area contributed by atoms with E-state index in [-0.39, 0.29) is 11.3 Å². The molecule has 0 aromatic heterocycles. The van der Waals surface area contributed by atoms with Crippen molar-refractivity contribution in [1.82, 2.24) is 0 Å². The monoisotopic (exact) mass is 268 g/mol. The zero-order valence-electron chi connectivity index (χ0n) is 13.1. The number of hydrogen-bond donors (Lipinski definition) is 1. The molecule has 0 bridgehead atoms. The summed E-state index contributed by atoms with van der Waals surface area (Å²) in [5.41, 5.74) is 4.41. The van der Waals surface area contributed by atoms with Crippen molar-refractivity contribution in [3.63, 3.8) is 0 Å². The first-order valence-electron chi connectivity index (χ1n) is 7.19. The van der Waals surface area contributed by atoms with Crippen molar-refractivity contribution in [3.05, 3.63) is 64.7 Å². The van der Waals surface area contributed by atoms with Gasteiger partial charge in [-0.1, -0.05) is 75.7 Å². The van der Waals surface area contributed by atoms with Gasteiger partial charge in [0.25, 0.3) is 0 Å². The van der Waals surface area contributed by atoms with Crippen LogP contribution in [-0.4, -0.2) is 5.11 Å². The molecule has 2 aromatic rings. The van der Waals surface area contributed by atoms with Gasteiger partial charge in [0.05, 0.1) is 0 Å². The Hall–Kier alpha value is -1.76. The Balaban J connectivity index is 2.55. The third-order valence-corrected chi connectivity index (χ3v) is 3.86. The van der Waals surface area contributed by atoms with Crippen LogP contribution in [0.25, 0.3) is 0 Å². The van der Waals surface area contributed by atoms with Gasteiger partial charge in [-0.15, -0.1) is 0 Å². The van der Waals surface area contributed by atoms with Gasteiger partial charge in [0.2, 0.25) is 0 Å². The maximum Gasteiger partial charge on any atom is 0.123 e. The van der Waals surface area contributed by atoms with Crippen molar-refractivity contribution >= 4 is 0 Å². The molecule has 2 aromatic carbocycles. The summed E-state index contributed by atoms with van der Waals surface area (Å²) < 4.78 is 0. The zero-order valence-corrected chi connectivity index (χ0v) is 13.1. The number of hydrogen-bond acceptors (Lipinski definition) is 1. The highest BCUT2D eigenvalue weighted by atomic mass is 16.3. The summed E-state index contributed by atoms with van der Waals surface area (Å²) in [5, 5.41) is 10.7. The SMILES string of the molecule is Cc1cc([C@H](C)c2ccccc2)c(O)c(C(C)(C)C)c1. The normalized spacial score (nSPS) is 13.2. The lowest BCUT2D eigenvalue weighted by molar-refractivity contribution is 0.438. The molecular formula is C19H24O. The fourth-order valence-electron chi connectivity index (χ4n) is 2.63. The Morgan fingerprint density at radius 1 is 1.00 bits per heavy atom. The number of aromatic hydroxyl groups is 1. The Labute approximate surface area is 122 Å². The van der Waals surface area contributed by atoms with Gasteiger partial charge in [-0.3, -0.25) is 0 Å². The highest BCUT2D eigenvalue weighted by molar-refractivity contribution is 5.50. The van der Waals surface area contributed by atoms with Gasteiger partial charge < -0.3 is 5.11 Å². The van der Waals surface area contributed by atoms with Crippen molar-refractivity contribution in [3.8, 4) is 5.75 Å². The van der Waals surface area contributed by atoms with Gasteiger partial charge in [0, 0.05) is 11.5 Å². The molecule has 20 heavy (non-hydrogen) atoms. The molecule has 0 saturated heterocycles. The van der Waals surface area contributed by atoms with E-state index in [1.165, 1.54) is 11.1 Å². The van der Waals surface area contributed by atoms with E-state index in [9.17, 15) is 5.11 Å². The van der Waals surface area contributed by atoms with Crippen molar-refractivity contribution in [2.24, 2.45) is 0 Å². The molecular weight excluding hydrogens is 244 g/mol. The highest BCUT2D eigenvalue weighted by Crippen LogP contribution is 2.39. The van der Waals surface area contributed by atoms with Crippen LogP contribution >= 0.6 is 0 Å². The lowest BCUT2D eigenvalue weighted by Crippen LogP contribution is -2.13. The Morgan fingerprint density at radius 3 is 2.15 bits per heavy atom. The summed E-state index contributed by atoms with van der Waals surface area (Å²) in [6.45, 7) is 10.7. The molecule has 1 atom stereocenters. The minimum Gasteiger partial charge on any atom is -0.507 e. The van der Waals surface area contributed by atoms with E-state index in [4.69, 9.17) is 0 Å². The maximum absolute atomic E-state index is 10.7. The second-order valence-electron chi connectivity index (χ2n) is 6.63. The van der Waals surface area contributed by atoms with E-state index in [0.717, 1.165) is 11.1 Å². The van der Waals surface area contributed by atoms with Crippen LogP contribution in [0.2, 0.25) is 0 Å². The summed E-state index contributed by atoms with van der Waals surface area (Å²) in [6, 6.07) is 14.5. The number of aryl methyl sites for hydroxylation is 1. The van der Waals surface area contributed by atoms with Gasteiger partial charge in [0.1, 0.15) is 5.75 Å². The number of phenols is 1. The van der Waals surface area contributed by atoms with Gasteiger partial charge in [-0.2, -0.15) is 0 Å². The van der Waals surface area contributed by atoms with Crippen LogP contribution in [0.1, 0.15) is 55.9 Å². The first-order chi connectivity index (χ1) is 9.30. The van der Waals surface area contributed by atoms with Crippen LogP contribution in [-0.2, 0) is 5.41 Å². The van der Waals surface area contributed by atoms with Crippen molar-refractivity contribution < 1.29 is 5.11 Å². The molecule has 0 aliphatic carbocycles. The fourth-order valence-corrected chi connectivity index (χ4v) is 2.63. The summed E-state index contributed by atoms with van der Waals surface area (Å²) in [5.74, 6) is 0.636. The smallest absolute Gasteiger partial charge is 0.123 e. The molecule has 0 saturated carbocycles. The average Bonchev–Trinajstić information content (AvgIpc) is 2.40. The minimum absolute atomic E-state index is 0.0543. The van der Waals surface area contributed by atoms with Crippen LogP contribution in [0.5, 0.6) is 5.75 Å². The predicted octanol–water partition coefficient (Wildman–Crippen LogP) is 5.15. The first-order valence-corrected chi connectivity index (χ1v) is 7.19. The van der Waals surface area contributed by atoms with Gasteiger partial charge >= 0.3 is 0 Å². The van der Waals surface area contributed by atoms with Crippen LogP contribution in [0, 0.1) is 6.92 Å². The summed E-state index contributed by atoms with van der Waals surface area (Å²) in [4.78, 5) is 0. The third kappa shape index (κ3) is 2.87. The second-order valence-corrected chi connectivity index (χ2v) is 6.63. The molecule has 0 aliphatic rings. The molecule has 2 rings (SSSR count). The maximum atomic E-state index is 10.7. The third-order valence-electron chi connectivity index (χ3n) is 3.86.